The van der Waals surface area contributed by atoms with E-state index in [1.165, 1.54) is 44.9 Å². The molecule has 0 saturated heterocycles. The van der Waals surface area contributed by atoms with Crippen molar-refractivity contribution in [3.63, 3.8) is 0 Å². The molecule has 0 spiro atoms. The van der Waals surface area contributed by atoms with Gasteiger partial charge >= 0.3 is 0 Å². The molecule has 2 fully saturated rings. The highest BCUT2D eigenvalue weighted by Gasteiger charge is 2.41. The monoisotopic (exact) mass is 266 g/mol. The molecule has 0 heterocycles. The topological polar surface area (TPSA) is 46.3 Å². The smallest absolute Gasteiger partial charge is 0.230 e. The Labute approximate surface area is 117 Å². The predicted molar refractivity (Wildman–Crippen MR) is 78.8 cm³/mol. The fourth-order valence-electron chi connectivity index (χ4n) is 3.90. The number of carbonyl (C=O) groups is 1. The van der Waals surface area contributed by atoms with Crippen molar-refractivity contribution in [3.8, 4) is 0 Å². The van der Waals surface area contributed by atoms with Gasteiger partial charge in [-0.2, -0.15) is 0 Å². The van der Waals surface area contributed by atoms with Crippen molar-refractivity contribution in [3.05, 3.63) is 0 Å². The highest BCUT2D eigenvalue weighted by atomic mass is 16.2. The molecule has 2 aliphatic carbocycles. The van der Waals surface area contributed by atoms with Gasteiger partial charge in [0, 0.05) is 19.6 Å². The van der Waals surface area contributed by atoms with Crippen LogP contribution in [0.4, 0.5) is 0 Å². The first-order valence-corrected chi connectivity index (χ1v) is 8.06. The van der Waals surface area contributed by atoms with Gasteiger partial charge in [-0.05, 0) is 44.4 Å². The summed E-state index contributed by atoms with van der Waals surface area (Å²) in [7, 11) is 2.01. The van der Waals surface area contributed by atoms with Crippen molar-refractivity contribution in [2.45, 2.75) is 70.8 Å². The first-order valence-electron chi connectivity index (χ1n) is 8.06. The van der Waals surface area contributed by atoms with Crippen LogP contribution in [0.15, 0.2) is 0 Å². The lowest BCUT2D eigenvalue weighted by molar-refractivity contribution is -0.145. The third-order valence-corrected chi connectivity index (χ3v) is 5.51. The SMILES string of the molecule is CC1CCC(N(C)C(=O)C2(CN)CCCCC2)CC1. The van der Waals surface area contributed by atoms with E-state index in [-0.39, 0.29) is 5.41 Å². The number of nitrogens with zero attached hydrogens (tertiary/aromatic N) is 1. The van der Waals surface area contributed by atoms with Crippen molar-refractivity contribution in [1.29, 1.82) is 0 Å². The minimum absolute atomic E-state index is 0.240. The van der Waals surface area contributed by atoms with E-state index >= 15 is 0 Å². The molecule has 0 bridgehead atoms. The van der Waals surface area contributed by atoms with Crippen LogP contribution in [0, 0.1) is 11.3 Å². The summed E-state index contributed by atoms with van der Waals surface area (Å²) in [4.78, 5) is 14.9. The number of hydrogen-bond acceptors (Lipinski definition) is 2. The number of amides is 1. The average molecular weight is 266 g/mol. The standard InChI is InChI=1S/C16H30N2O/c1-13-6-8-14(9-7-13)18(2)15(19)16(12-17)10-4-3-5-11-16/h13-14H,3-12,17H2,1-2H3. The summed E-state index contributed by atoms with van der Waals surface area (Å²) in [5.74, 6) is 1.16. The summed E-state index contributed by atoms with van der Waals surface area (Å²) in [6.07, 6.45) is 10.5. The van der Waals surface area contributed by atoms with Gasteiger partial charge in [0.15, 0.2) is 0 Å². The second-order valence-electron chi connectivity index (χ2n) is 6.87. The normalized spacial score (nSPS) is 30.9. The number of hydrogen-bond donors (Lipinski definition) is 1. The molecular formula is C16H30N2O. The molecule has 0 atom stereocenters. The van der Waals surface area contributed by atoms with Gasteiger partial charge in [0.1, 0.15) is 0 Å². The summed E-state index contributed by atoms with van der Waals surface area (Å²) in [6, 6.07) is 0.453. The molecule has 0 aromatic carbocycles. The van der Waals surface area contributed by atoms with E-state index in [2.05, 4.69) is 6.92 Å². The minimum atomic E-state index is -0.240. The van der Waals surface area contributed by atoms with Gasteiger partial charge in [0.25, 0.3) is 0 Å². The lowest BCUT2D eigenvalue weighted by Crippen LogP contribution is -2.51. The molecule has 0 radical (unpaired) electrons. The molecule has 110 valence electrons. The zero-order valence-electron chi connectivity index (χ0n) is 12.7. The third kappa shape index (κ3) is 3.13. The van der Waals surface area contributed by atoms with E-state index in [4.69, 9.17) is 5.73 Å². The van der Waals surface area contributed by atoms with E-state index < -0.39 is 0 Å². The zero-order valence-corrected chi connectivity index (χ0v) is 12.7. The summed E-state index contributed by atoms with van der Waals surface area (Å²) in [5, 5.41) is 0. The molecular weight excluding hydrogens is 236 g/mol. The lowest BCUT2D eigenvalue weighted by atomic mass is 9.72. The highest BCUT2D eigenvalue weighted by molar-refractivity contribution is 5.83. The van der Waals surface area contributed by atoms with Crippen LogP contribution in [0.1, 0.15) is 64.7 Å². The maximum atomic E-state index is 12.9. The second kappa shape index (κ2) is 6.25. The second-order valence-corrected chi connectivity index (χ2v) is 6.87. The van der Waals surface area contributed by atoms with E-state index in [9.17, 15) is 4.79 Å². The summed E-state index contributed by atoms with van der Waals surface area (Å²) < 4.78 is 0. The van der Waals surface area contributed by atoms with Gasteiger partial charge in [-0.3, -0.25) is 4.79 Å². The van der Waals surface area contributed by atoms with Crippen molar-refractivity contribution in [2.75, 3.05) is 13.6 Å². The molecule has 0 aromatic rings. The summed E-state index contributed by atoms with van der Waals surface area (Å²) in [6.45, 7) is 2.85. The maximum absolute atomic E-state index is 12.9. The van der Waals surface area contributed by atoms with Crippen molar-refractivity contribution in [2.24, 2.45) is 17.1 Å². The lowest BCUT2D eigenvalue weighted by Gasteiger charge is -2.42. The van der Waals surface area contributed by atoms with Gasteiger partial charge < -0.3 is 10.6 Å². The predicted octanol–water partition coefficient (Wildman–Crippen LogP) is 2.93. The van der Waals surface area contributed by atoms with Gasteiger partial charge in [0.05, 0.1) is 5.41 Å². The van der Waals surface area contributed by atoms with Gasteiger partial charge in [-0.15, -0.1) is 0 Å². The Kier molecular flexibility index (Phi) is 4.88. The van der Waals surface area contributed by atoms with Crippen LogP contribution >= 0.6 is 0 Å². The van der Waals surface area contributed by atoms with Crippen LogP contribution in [0.25, 0.3) is 0 Å². The quantitative estimate of drug-likeness (QED) is 0.853. The zero-order chi connectivity index (χ0) is 13.9. The largest absolute Gasteiger partial charge is 0.342 e. The molecule has 0 aromatic heterocycles. The van der Waals surface area contributed by atoms with Crippen LogP contribution in [-0.2, 0) is 4.79 Å². The van der Waals surface area contributed by atoms with E-state index in [0.717, 1.165) is 18.8 Å². The van der Waals surface area contributed by atoms with Crippen LogP contribution in [0.2, 0.25) is 0 Å². The summed E-state index contributed by atoms with van der Waals surface area (Å²) >= 11 is 0. The minimum Gasteiger partial charge on any atom is -0.342 e. The summed E-state index contributed by atoms with van der Waals surface area (Å²) in [5.41, 5.74) is 5.74. The molecule has 19 heavy (non-hydrogen) atoms. The third-order valence-electron chi connectivity index (χ3n) is 5.51. The molecule has 2 N–H and O–H groups in total. The maximum Gasteiger partial charge on any atom is 0.230 e. The van der Waals surface area contributed by atoms with E-state index in [1.807, 2.05) is 11.9 Å². The van der Waals surface area contributed by atoms with Crippen LogP contribution < -0.4 is 5.73 Å². The molecule has 3 heteroatoms. The number of rotatable bonds is 3. The van der Waals surface area contributed by atoms with Gasteiger partial charge in [-0.1, -0.05) is 26.2 Å². The molecule has 2 aliphatic rings. The fourth-order valence-corrected chi connectivity index (χ4v) is 3.90. The van der Waals surface area contributed by atoms with E-state index in [1.54, 1.807) is 0 Å². The highest BCUT2D eigenvalue weighted by Crippen LogP contribution is 2.38. The molecule has 3 nitrogen and oxygen atoms in total. The Morgan fingerprint density at radius 3 is 2.26 bits per heavy atom. The van der Waals surface area contributed by atoms with Crippen molar-refractivity contribution >= 4 is 5.91 Å². The Morgan fingerprint density at radius 2 is 1.74 bits per heavy atom. The average Bonchev–Trinajstić information content (AvgIpc) is 2.47. The van der Waals surface area contributed by atoms with Crippen LogP contribution in [-0.4, -0.2) is 30.4 Å². The first-order chi connectivity index (χ1) is 9.09. The Balaban J connectivity index is 2.00. The molecule has 0 unspecified atom stereocenters. The first kappa shape index (κ1) is 14.8. The van der Waals surface area contributed by atoms with Crippen LogP contribution in [0.5, 0.6) is 0 Å². The van der Waals surface area contributed by atoms with Crippen LogP contribution in [0.3, 0.4) is 0 Å². The van der Waals surface area contributed by atoms with Gasteiger partial charge in [0.2, 0.25) is 5.91 Å². The van der Waals surface area contributed by atoms with E-state index in [0.29, 0.717) is 18.5 Å². The Hall–Kier alpha value is -0.570. The molecule has 0 aliphatic heterocycles. The molecule has 2 rings (SSSR count). The van der Waals surface area contributed by atoms with Crippen molar-refractivity contribution < 1.29 is 4.79 Å². The number of carbonyl (C=O) groups excluding carboxylic acids is 1. The fraction of sp³-hybridized carbons (Fsp3) is 0.938. The van der Waals surface area contributed by atoms with Gasteiger partial charge in [-0.25, -0.2) is 0 Å². The Morgan fingerprint density at radius 1 is 1.16 bits per heavy atom. The molecule has 2 saturated carbocycles. The van der Waals surface area contributed by atoms with Crippen molar-refractivity contribution in [1.82, 2.24) is 4.90 Å². The Bertz CT molecular complexity index is 302. The molecule has 1 amide bonds. The number of nitrogens with two attached hydrogens (primary N) is 1.